The molecule has 0 radical (unpaired) electrons. The molecule has 0 bridgehead atoms. The molecule has 15 heavy (non-hydrogen) atoms. The summed E-state index contributed by atoms with van der Waals surface area (Å²) in [5.74, 6) is 1.39. The molecule has 0 atom stereocenters. The van der Waals surface area contributed by atoms with E-state index in [0.717, 1.165) is 24.2 Å². The molecule has 0 amide bonds. The summed E-state index contributed by atoms with van der Waals surface area (Å²) >= 11 is 0. The summed E-state index contributed by atoms with van der Waals surface area (Å²) in [6.07, 6.45) is 4.01. The molecule has 2 nitrogen and oxygen atoms in total. The summed E-state index contributed by atoms with van der Waals surface area (Å²) in [5.41, 5.74) is 0.999. The van der Waals surface area contributed by atoms with Gasteiger partial charge in [0.25, 0.3) is 0 Å². The van der Waals surface area contributed by atoms with Gasteiger partial charge < -0.3 is 4.74 Å². The minimum Gasteiger partial charge on any atom is -0.493 e. The molecule has 1 aromatic rings. The van der Waals surface area contributed by atoms with Gasteiger partial charge in [-0.05, 0) is 29.7 Å². The van der Waals surface area contributed by atoms with Crippen molar-refractivity contribution >= 4 is 12.4 Å². The van der Waals surface area contributed by atoms with Gasteiger partial charge in [-0.25, -0.2) is 0 Å². The molecule has 80 valence electrons. The first kappa shape index (κ1) is 11.5. The molecular formula is C13H16O2. The van der Waals surface area contributed by atoms with E-state index in [-0.39, 0.29) is 0 Å². The zero-order chi connectivity index (χ0) is 11.1. The predicted molar refractivity (Wildman–Crippen MR) is 61.9 cm³/mol. The number of aldehydes is 1. The average Bonchev–Trinajstić information content (AvgIpc) is 2.25. The van der Waals surface area contributed by atoms with Gasteiger partial charge in [-0.15, -0.1) is 0 Å². The molecule has 0 aliphatic carbocycles. The number of hydrogen-bond acceptors (Lipinski definition) is 2. The fourth-order valence-corrected chi connectivity index (χ4v) is 1.09. The van der Waals surface area contributed by atoms with Crippen molar-refractivity contribution in [2.75, 3.05) is 6.61 Å². The third-order valence-corrected chi connectivity index (χ3v) is 1.83. The SMILES string of the molecule is CC(C)COc1ccc(C=CC=O)cc1. The van der Waals surface area contributed by atoms with Crippen LogP contribution in [0.5, 0.6) is 5.75 Å². The molecule has 0 aromatic heterocycles. The Hall–Kier alpha value is -1.57. The van der Waals surface area contributed by atoms with Crippen molar-refractivity contribution in [1.82, 2.24) is 0 Å². The Morgan fingerprint density at radius 1 is 1.27 bits per heavy atom. The van der Waals surface area contributed by atoms with Gasteiger partial charge in [-0.3, -0.25) is 4.79 Å². The lowest BCUT2D eigenvalue weighted by Gasteiger charge is -2.08. The van der Waals surface area contributed by atoms with E-state index < -0.39 is 0 Å². The topological polar surface area (TPSA) is 26.3 Å². The first-order valence-electron chi connectivity index (χ1n) is 5.07. The largest absolute Gasteiger partial charge is 0.493 e. The van der Waals surface area contributed by atoms with Gasteiger partial charge in [0.05, 0.1) is 6.61 Å². The number of benzene rings is 1. The molecule has 0 fully saturated rings. The highest BCUT2D eigenvalue weighted by atomic mass is 16.5. The minimum absolute atomic E-state index is 0.527. The molecule has 0 unspecified atom stereocenters. The fourth-order valence-electron chi connectivity index (χ4n) is 1.09. The highest BCUT2D eigenvalue weighted by molar-refractivity contribution is 5.73. The number of carbonyl (C=O) groups is 1. The summed E-state index contributed by atoms with van der Waals surface area (Å²) in [6.45, 7) is 4.95. The number of rotatable bonds is 5. The van der Waals surface area contributed by atoms with Gasteiger partial charge >= 0.3 is 0 Å². The van der Waals surface area contributed by atoms with Crippen molar-refractivity contribution in [3.05, 3.63) is 35.9 Å². The normalized spacial score (nSPS) is 10.9. The summed E-state index contributed by atoms with van der Waals surface area (Å²) in [5, 5.41) is 0. The van der Waals surface area contributed by atoms with Gasteiger partial charge in [0, 0.05) is 0 Å². The summed E-state index contributed by atoms with van der Waals surface area (Å²) in [7, 11) is 0. The Kier molecular flexibility index (Phi) is 4.61. The van der Waals surface area contributed by atoms with Crippen molar-refractivity contribution in [1.29, 1.82) is 0 Å². The van der Waals surface area contributed by atoms with Crippen LogP contribution in [-0.4, -0.2) is 12.9 Å². The van der Waals surface area contributed by atoms with Crippen LogP contribution in [0, 0.1) is 5.92 Å². The molecular weight excluding hydrogens is 188 g/mol. The zero-order valence-corrected chi connectivity index (χ0v) is 9.14. The molecule has 0 aliphatic heterocycles. The van der Waals surface area contributed by atoms with Crippen LogP contribution in [0.15, 0.2) is 30.3 Å². The van der Waals surface area contributed by atoms with Crippen LogP contribution in [0.2, 0.25) is 0 Å². The van der Waals surface area contributed by atoms with Crippen LogP contribution < -0.4 is 4.74 Å². The van der Waals surface area contributed by atoms with Crippen molar-refractivity contribution < 1.29 is 9.53 Å². The molecule has 0 spiro atoms. The molecule has 0 aliphatic rings. The fraction of sp³-hybridized carbons (Fsp3) is 0.308. The van der Waals surface area contributed by atoms with Crippen LogP contribution in [0.4, 0.5) is 0 Å². The number of carbonyl (C=O) groups excluding carboxylic acids is 1. The van der Waals surface area contributed by atoms with Crippen LogP contribution in [0.3, 0.4) is 0 Å². The zero-order valence-electron chi connectivity index (χ0n) is 9.14. The predicted octanol–water partition coefficient (Wildman–Crippen LogP) is 2.93. The second kappa shape index (κ2) is 6.02. The van der Waals surface area contributed by atoms with Gasteiger partial charge in [0.15, 0.2) is 0 Å². The van der Waals surface area contributed by atoms with Crippen molar-refractivity contribution in [2.45, 2.75) is 13.8 Å². The maximum atomic E-state index is 10.1. The first-order chi connectivity index (χ1) is 7.22. The van der Waals surface area contributed by atoms with Crippen LogP contribution in [-0.2, 0) is 4.79 Å². The maximum absolute atomic E-state index is 10.1. The second-order valence-corrected chi connectivity index (χ2v) is 3.77. The Balaban J connectivity index is 2.56. The maximum Gasteiger partial charge on any atom is 0.142 e. The highest BCUT2D eigenvalue weighted by Gasteiger charge is 1.96. The standard InChI is InChI=1S/C13H16O2/c1-11(2)10-15-13-7-5-12(6-8-13)4-3-9-14/h3-9,11H,10H2,1-2H3. The Morgan fingerprint density at radius 2 is 1.93 bits per heavy atom. The van der Waals surface area contributed by atoms with E-state index in [1.807, 2.05) is 24.3 Å². The van der Waals surface area contributed by atoms with E-state index in [0.29, 0.717) is 5.92 Å². The average molecular weight is 204 g/mol. The number of hydrogen-bond donors (Lipinski definition) is 0. The summed E-state index contributed by atoms with van der Waals surface area (Å²) in [6, 6.07) is 7.67. The van der Waals surface area contributed by atoms with Crippen molar-refractivity contribution in [2.24, 2.45) is 5.92 Å². The van der Waals surface area contributed by atoms with E-state index in [4.69, 9.17) is 4.74 Å². The molecule has 1 aromatic carbocycles. The van der Waals surface area contributed by atoms with E-state index in [1.54, 1.807) is 6.08 Å². The monoisotopic (exact) mass is 204 g/mol. The lowest BCUT2D eigenvalue weighted by Crippen LogP contribution is -2.04. The molecule has 0 heterocycles. The number of allylic oxidation sites excluding steroid dienone is 1. The second-order valence-electron chi connectivity index (χ2n) is 3.77. The third kappa shape index (κ3) is 4.45. The van der Waals surface area contributed by atoms with Gasteiger partial charge in [0.2, 0.25) is 0 Å². The molecule has 0 saturated heterocycles. The summed E-state index contributed by atoms with van der Waals surface area (Å²) in [4.78, 5) is 10.1. The van der Waals surface area contributed by atoms with Gasteiger partial charge in [-0.1, -0.05) is 32.1 Å². The quantitative estimate of drug-likeness (QED) is 0.544. The van der Waals surface area contributed by atoms with Crippen molar-refractivity contribution in [3.8, 4) is 5.75 Å². The van der Waals surface area contributed by atoms with Crippen molar-refractivity contribution in [3.63, 3.8) is 0 Å². The van der Waals surface area contributed by atoms with E-state index in [1.165, 1.54) is 6.08 Å². The molecule has 1 rings (SSSR count). The van der Waals surface area contributed by atoms with Crippen LogP contribution >= 0.6 is 0 Å². The highest BCUT2D eigenvalue weighted by Crippen LogP contribution is 2.13. The Bertz CT molecular complexity index is 323. The molecule has 0 N–H and O–H groups in total. The van der Waals surface area contributed by atoms with E-state index >= 15 is 0 Å². The molecule has 2 heteroatoms. The first-order valence-corrected chi connectivity index (χ1v) is 5.07. The van der Waals surface area contributed by atoms with Gasteiger partial charge in [0.1, 0.15) is 12.0 Å². The number of ether oxygens (including phenoxy) is 1. The minimum atomic E-state index is 0.527. The smallest absolute Gasteiger partial charge is 0.142 e. The van der Waals surface area contributed by atoms with Crippen LogP contribution in [0.1, 0.15) is 19.4 Å². The third-order valence-electron chi connectivity index (χ3n) is 1.83. The Morgan fingerprint density at radius 3 is 2.47 bits per heavy atom. The lowest BCUT2D eigenvalue weighted by molar-refractivity contribution is -0.104. The van der Waals surface area contributed by atoms with E-state index in [9.17, 15) is 4.79 Å². The van der Waals surface area contributed by atoms with E-state index in [2.05, 4.69) is 13.8 Å². The van der Waals surface area contributed by atoms with Gasteiger partial charge in [-0.2, -0.15) is 0 Å². The molecule has 0 saturated carbocycles. The summed E-state index contributed by atoms with van der Waals surface area (Å²) < 4.78 is 5.53. The Labute approximate surface area is 90.6 Å². The van der Waals surface area contributed by atoms with Crippen LogP contribution in [0.25, 0.3) is 6.08 Å². The lowest BCUT2D eigenvalue weighted by atomic mass is 10.2.